The highest BCUT2D eigenvalue weighted by molar-refractivity contribution is 8.22. The monoisotopic (exact) mass is 287 g/mol. The number of halogens is 1. The Morgan fingerprint density at radius 2 is 2.35 bits per heavy atom. The molecule has 0 radical (unpaired) electrons. The summed E-state index contributed by atoms with van der Waals surface area (Å²) < 4.78 is 0.810. The van der Waals surface area contributed by atoms with E-state index in [1.165, 1.54) is 5.56 Å². The van der Waals surface area contributed by atoms with E-state index in [2.05, 4.69) is 6.07 Å². The Balaban J connectivity index is 1.83. The van der Waals surface area contributed by atoms with Gasteiger partial charge in [0.25, 0.3) is 0 Å². The van der Waals surface area contributed by atoms with Gasteiger partial charge in [-0.15, -0.1) is 0 Å². The quantitative estimate of drug-likeness (QED) is 0.765. The number of hydroxylamine groups is 2. The van der Waals surface area contributed by atoms with Gasteiger partial charge in [0, 0.05) is 17.3 Å². The molecule has 0 aliphatic carbocycles. The van der Waals surface area contributed by atoms with Gasteiger partial charge in [-0.25, -0.2) is 5.06 Å². The van der Waals surface area contributed by atoms with Gasteiger partial charge in [0.2, 0.25) is 0 Å². The van der Waals surface area contributed by atoms with Crippen LogP contribution < -0.4 is 0 Å². The molecule has 2 nitrogen and oxygen atoms in total. The molecule has 1 aliphatic rings. The molecular formula is C12H14ClNOS2. The van der Waals surface area contributed by atoms with Crippen molar-refractivity contribution in [3.05, 3.63) is 34.9 Å². The molecule has 1 fully saturated rings. The van der Waals surface area contributed by atoms with Crippen LogP contribution in [-0.2, 0) is 10.6 Å². The molecule has 2 rings (SSSR count). The summed E-state index contributed by atoms with van der Waals surface area (Å²) in [5.74, 6) is 0.833. The summed E-state index contributed by atoms with van der Waals surface area (Å²) in [7, 11) is 0. The number of thioether (sulfide) groups is 1. The molecule has 1 aliphatic heterocycles. The molecule has 0 bridgehead atoms. The topological polar surface area (TPSA) is 12.5 Å². The van der Waals surface area contributed by atoms with Gasteiger partial charge in [0.05, 0.1) is 6.61 Å². The van der Waals surface area contributed by atoms with Crippen molar-refractivity contribution in [1.82, 2.24) is 5.06 Å². The van der Waals surface area contributed by atoms with Crippen molar-refractivity contribution in [3.8, 4) is 0 Å². The normalized spacial score (nSPS) is 15.9. The number of thiocarbonyl (C=S) groups is 1. The summed E-state index contributed by atoms with van der Waals surface area (Å²) in [5.41, 5.74) is 1.18. The first-order valence-corrected chi connectivity index (χ1v) is 7.34. The molecule has 1 heterocycles. The van der Waals surface area contributed by atoms with Gasteiger partial charge >= 0.3 is 0 Å². The lowest BCUT2D eigenvalue weighted by molar-refractivity contribution is -0.118. The largest absolute Gasteiger partial charge is 0.272 e. The Morgan fingerprint density at radius 3 is 3.06 bits per heavy atom. The van der Waals surface area contributed by atoms with Crippen molar-refractivity contribution in [2.75, 3.05) is 13.2 Å². The minimum absolute atomic E-state index is 0.767. The van der Waals surface area contributed by atoms with Gasteiger partial charge in [-0.1, -0.05) is 47.7 Å². The first kappa shape index (κ1) is 13.1. The number of hydrogen-bond donors (Lipinski definition) is 0. The minimum Gasteiger partial charge on any atom is -0.272 e. The van der Waals surface area contributed by atoms with E-state index in [1.54, 1.807) is 11.8 Å². The maximum Gasteiger partial charge on any atom is 0.160 e. The summed E-state index contributed by atoms with van der Waals surface area (Å²) >= 11 is 12.9. The highest BCUT2D eigenvalue weighted by Crippen LogP contribution is 2.21. The highest BCUT2D eigenvalue weighted by atomic mass is 35.5. The van der Waals surface area contributed by atoms with Gasteiger partial charge in [0.1, 0.15) is 0 Å². The number of hydrogen-bond acceptors (Lipinski definition) is 3. The van der Waals surface area contributed by atoms with Crippen molar-refractivity contribution in [2.24, 2.45) is 0 Å². The number of nitrogens with zero attached hydrogens (tertiary/aromatic N) is 1. The minimum atomic E-state index is 0.767. The van der Waals surface area contributed by atoms with Crippen LogP contribution in [0.15, 0.2) is 24.3 Å². The fraction of sp³-hybridized carbons (Fsp3) is 0.417. The molecule has 0 amide bonds. The maximum atomic E-state index is 5.93. The van der Waals surface area contributed by atoms with E-state index in [0.29, 0.717) is 0 Å². The predicted molar refractivity (Wildman–Crippen MR) is 77.2 cm³/mol. The summed E-state index contributed by atoms with van der Waals surface area (Å²) in [4.78, 5) is 5.50. The fourth-order valence-corrected chi connectivity index (χ4v) is 2.88. The SMILES string of the molecule is S=C(SCc1cccc(Cl)c1)N1CCCCO1. The summed E-state index contributed by atoms with van der Waals surface area (Å²) in [5, 5.41) is 2.59. The lowest BCUT2D eigenvalue weighted by Crippen LogP contribution is -2.32. The van der Waals surface area contributed by atoms with E-state index >= 15 is 0 Å². The molecule has 0 saturated carbocycles. The fourth-order valence-electron chi connectivity index (χ4n) is 1.58. The van der Waals surface area contributed by atoms with E-state index < -0.39 is 0 Å². The van der Waals surface area contributed by atoms with E-state index in [0.717, 1.165) is 41.1 Å². The summed E-state index contributed by atoms with van der Waals surface area (Å²) in [6, 6.07) is 7.85. The molecule has 17 heavy (non-hydrogen) atoms. The molecule has 1 saturated heterocycles. The van der Waals surface area contributed by atoms with E-state index in [4.69, 9.17) is 28.7 Å². The zero-order chi connectivity index (χ0) is 12.1. The Hall–Kier alpha value is -0.290. The van der Waals surface area contributed by atoms with Crippen LogP contribution in [-0.4, -0.2) is 22.5 Å². The Labute approximate surface area is 116 Å². The lowest BCUT2D eigenvalue weighted by atomic mass is 10.2. The highest BCUT2D eigenvalue weighted by Gasteiger charge is 2.14. The second-order valence-electron chi connectivity index (χ2n) is 3.83. The average Bonchev–Trinajstić information content (AvgIpc) is 2.37. The van der Waals surface area contributed by atoms with Crippen LogP contribution in [0, 0.1) is 0 Å². The average molecular weight is 288 g/mol. The maximum absolute atomic E-state index is 5.93. The van der Waals surface area contributed by atoms with Crippen LogP contribution in [0.3, 0.4) is 0 Å². The van der Waals surface area contributed by atoms with Crippen molar-refractivity contribution in [3.63, 3.8) is 0 Å². The molecule has 1 aromatic rings. The molecule has 92 valence electrons. The van der Waals surface area contributed by atoms with Crippen LogP contribution in [0.5, 0.6) is 0 Å². The molecule has 0 N–H and O–H groups in total. The zero-order valence-corrected chi connectivity index (χ0v) is 11.8. The lowest BCUT2D eigenvalue weighted by Gasteiger charge is -2.27. The van der Waals surface area contributed by atoms with Crippen LogP contribution in [0.2, 0.25) is 5.02 Å². The molecule has 0 unspecified atom stereocenters. The predicted octanol–water partition coefficient (Wildman–Crippen LogP) is 3.89. The molecule has 5 heteroatoms. The molecule has 0 aromatic heterocycles. The third-order valence-electron chi connectivity index (χ3n) is 2.46. The van der Waals surface area contributed by atoms with Gasteiger partial charge in [0.15, 0.2) is 4.32 Å². The first-order chi connectivity index (χ1) is 8.25. The molecule has 1 aromatic carbocycles. The third-order valence-corrected chi connectivity index (χ3v) is 4.18. The summed E-state index contributed by atoms with van der Waals surface area (Å²) in [6.45, 7) is 1.68. The Kier molecular flexibility index (Phi) is 5.10. The number of benzene rings is 1. The van der Waals surface area contributed by atoms with Gasteiger partial charge in [-0.2, -0.15) is 0 Å². The van der Waals surface area contributed by atoms with Crippen molar-refractivity contribution in [1.29, 1.82) is 0 Å². The van der Waals surface area contributed by atoms with Crippen molar-refractivity contribution < 1.29 is 4.84 Å². The molecule has 0 atom stereocenters. The smallest absolute Gasteiger partial charge is 0.160 e. The number of rotatable bonds is 2. The Morgan fingerprint density at radius 1 is 1.47 bits per heavy atom. The second-order valence-corrected chi connectivity index (χ2v) is 5.87. The van der Waals surface area contributed by atoms with E-state index in [9.17, 15) is 0 Å². The summed E-state index contributed by atoms with van der Waals surface area (Å²) in [6.07, 6.45) is 2.27. The van der Waals surface area contributed by atoms with Crippen LogP contribution >= 0.6 is 35.6 Å². The third kappa shape index (κ3) is 4.14. The second kappa shape index (κ2) is 6.59. The van der Waals surface area contributed by atoms with Gasteiger partial charge in [-0.3, -0.25) is 4.84 Å². The van der Waals surface area contributed by atoms with Gasteiger partial charge in [-0.05, 0) is 30.5 Å². The van der Waals surface area contributed by atoms with Crippen LogP contribution in [0.1, 0.15) is 18.4 Å². The van der Waals surface area contributed by atoms with Crippen molar-refractivity contribution >= 4 is 39.9 Å². The van der Waals surface area contributed by atoms with Crippen LogP contribution in [0.4, 0.5) is 0 Å². The first-order valence-electron chi connectivity index (χ1n) is 5.57. The zero-order valence-electron chi connectivity index (χ0n) is 9.39. The Bertz CT molecular complexity index is 394. The van der Waals surface area contributed by atoms with Gasteiger partial charge < -0.3 is 0 Å². The van der Waals surface area contributed by atoms with Crippen molar-refractivity contribution in [2.45, 2.75) is 18.6 Å². The van der Waals surface area contributed by atoms with Crippen LogP contribution in [0.25, 0.3) is 0 Å². The standard InChI is InChI=1S/C12H14ClNOS2/c13-11-5-3-4-10(8-11)9-17-12(16)14-6-1-2-7-15-14/h3-5,8H,1-2,6-7,9H2. The molecular weight excluding hydrogens is 274 g/mol. The van der Waals surface area contributed by atoms with E-state index in [-0.39, 0.29) is 0 Å². The van der Waals surface area contributed by atoms with E-state index in [1.807, 2.05) is 23.3 Å². The molecule has 0 spiro atoms.